The standard InChI is InChI=1S/C15H19NO3S/c1-2-3-8-16-13(17)7-9-20-15(16)11-5-4-6-12-14(11)19-10-18-12/h4-6,15H,2-3,7-10H2,1H3. The highest BCUT2D eigenvalue weighted by atomic mass is 32.2. The van der Waals surface area contributed by atoms with Crippen LogP contribution in [-0.2, 0) is 4.79 Å². The zero-order valence-electron chi connectivity index (χ0n) is 11.6. The topological polar surface area (TPSA) is 38.8 Å². The van der Waals surface area contributed by atoms with Crippen LogP contribution in [0.1, 0.15) is 37.1 Å². The first-order valence-corrected chi connectivity index (χ1v) is 8.15. The Hall–Kier alpha value is -1.36. The van der Waals surface area contributed by atoms with Crippen molar-refractivity contribution in [3.05, 3.63) is 23.8 Å². The Morgan fingerprint density at radius 1 is 1.40 bits per heavy atom. The molecule has 1 atom stereocenters. The third-order valence-corrected chi connectivity index (χ3v) is 4.90. The number of amides is 1. The van der Waals surface area contributed by atoms with Crippen molar-refractivity contribution < 1.29 is 14.3 Å². The number of para-hydroxylation sites is 1. The van der Waals surface area contributed by atoms with Crippen molar-refractivity contribution in [2.45, 2.75) is 31.6 Å². The lowest BCUT2D eigenvalue weighted by Crippen LogP contribution is -2.38. The molecular weight excluding hydrogens is 274 g/mol. The number of hydrogen-bond donors (Lipinski definition) is 0. The summed E-state index contributed by atoms with van der Waals surface area (Å²) in [6, 6.07) is 5.93. The summed E-state index contributed by atoms with van der Waals surface area (Å²) in [6.45, 7) is 3.23. The summed E-state index contributed by atoms with van der Waals surface area (Å²) in [6.07, 6.45) is 2.76. The molecule has 0 aliphatic carbocycles. The fraction of sp³-hybridized carbons (Fsp3) is 0.533. The molecule has 108 valence electrons. The Bertz CT molecular complexity index is 506. The fourth-order valence-corrected chi connectivity index (χ4v) is 3.88. The number of nitrogens with zero attached hydrogens (tertiary/aromatic N) is 1. The number of rotatable bonds is 4. The van der Waals surface area contributed by atoms with Crippen LogP contribution in [0.25, 0.3) is 0 Å². The van der Waals surface area contributed by atoms with E-state index in [1.54, 1.807) is 0 Å². The van der Waals surface area contributed by atoms with Crippen LogP contribution in [-0.4, -0.2) is 29.9 Å². The molecule has 1 saturated heterocycles. The van der Waals surface area contributed by atoms with Gasteiger partial charge in [0.05, 0.1) is 0 Å². The maximum atomic E-state index is 12.2. The lowest BCUT2D eigenvalue weighted by molar-refractivity contribution is -0.132. The second-order valence-electron chi connectivity index (χ2n) is 4.99. The van der Waals surface area contributed by atoms with Gasteiger partial charge in [-0.3, -0.25) is 4.79 Å². The summed E-state index contributed by atoms with van der Waals surface area (Å²) in [5, 5.41) is 0.0550. The number of carbonyl (C=O) groups excluding carboxylic acids is 1. The molecule has 20 heavy (non-hydrogen) atoms. The molecule has 4 nitrogen and oxygen atoms in total. The summed E-state index contributed by atoms with van der Waals surface area (Å²) in [5.74, 6) is 2.72. The van der Waals surface area contributed by atoms with E-state index in [4.69, 9.17) is 9.47 Å². The highest BCUT2D eigenvalue weighted by Gasteiger charge is 2.33. The molecule has 5 heteroatoms. The predicted molar refractivity (Wildman–Crippen MR) is 79.0 cm³/mol. The summed E-state index contributed by atoms with van der Waals surface area (Å²) in [4.78, 5) is 14.2. The Morgan fingerprint density at radius 2 is 2.30 bits per heavy atom. The minimum absolute atomic E-state index is 0.0550. The predicted octanol–water partition coefficient (Wildman–Crippen LogP) is 3.18. The number of fused-ring (bicyclic) bond motifs is 1. The summed E-state index contributed by atoms with van der Waals surface area (Å²) < 4.78 is 11.0. The van der Waals surface area contributed by atoms with Crippen LogP contribution in [0.4, 0.5) is 0 Å². The van der Waals surface area contributed by atoms with Gasteiger partial charge in [-0.2, -0.15) is 0 Å². The van der Waals surface area contributed by atoms with Crippen molar-refractivity contribution in [1.29, 1.82) is 0 Å². The van der Waals surface area contributed by atoms with Gasteiger partial charge in [0.1, 0.15) is 5.37 Å². The number of benzene rings is 1. The maximum absolute atomic E-state index is 12.2. The molecule has 0 spiro atoms. The molecule has 2 aliphatic heterocycles. The van der Waals surface area contributed by atoms with Gasteiger partial charge in [0.25, 0.3) is 0 Å². The fourth-order valence-electron chi connectivity index (χ4n) is 2.60. The Balaban J connectivity index is 1.90. The van der Waals surface area contributed by atoms with E-state index in [9.17, 15) is 4.79 Å². The third-order valence-electron chi connectivity index (χ3n) is 3.64. The molecule has 1 amide bonds. The molecule has 2 heterocycles. The van der Waals surface area contributed by atoms with Crippen LogP contribution in [0.2, 0.25) is 0 Å². The van der Waals surface area contributed by atoms with Crippen molar-refractivity contribution in [3.63, 3.8) is 0 Å². The highest BCUT2D eigenvalue weighted by molar-refractivity contribution is 7.99. The molecule has 0 radical (unpaired) electrons. The van der Waals surface area contributed by atoms with Crippen molar-refractivity contribution in [2.75, 3.05) is 19.1 Å². The van der Waals surface area contributed by atoms with E-state index >= 15 is 0 Å². The molecular formula is C15H19NO3S. The lowest BCUT2D eigenvalue weighted by Gasteiger charge is -2.35. The van der Waals surface area contributed by atoms with Crippen molar-refractivity contribution in [2.24, 2.45) is 0 Å². The summed E-state index contributed by atoms with van der Waals surface area (Å²) in [7, 11) is 0. The molecule has 0 aromatic heterocycles. The summed E-state index contributed by atoms with van der Waals surface area (Å²) in [5.41, 5.74) is 1.06. The van der Waals surface area contributed by atoms with Gasteiger partial charge < -0.3 is 14.4 Å². The van der Waals surface area contributed by atoms with Gasteiger partial charge in [-0.15, -0.1) is 11.8 Å². The third kappa shape index (κ3) is 2.46. The van der Waals surface area contributed by atoms with Crippen LogP contribution < -0.4 is 9.47 Å². The minimum Gasteiger partial charge on any atom is -0.454 e. The first kappa shape index (κ1) is 13.6. The average Bonchev–Trinajstić information content (AvgIpc) is 2.94. The van der Waals surface area contributed by atoms with Gasteiger partial charge in [0.2, 0.25) is 12.7 Å². The van der Waals surface area contributed by atoms with Gasteiger partial charge in [0.15, 0.2) is 11.5 Å². The molecule has 1 aromatic carbocycles. The molecule has 0 bridgehead atoms. The van der Waals surface area contributed by atoms with E-state index in [0.717, 1.165) is 42.2 Å². The first-order valence-electron chi connectivity index (χ1n) is 7.11. The van der Waals surface area contributed by atoms with E-state index in [-0.39, 0.29) is 18.1 Å². The van der Waals surface area contributed by atoms with Crippen molar-refractivity contribution in [3.8, 4) is 11.5 Å². The van der Waals surface area contributed by atoms with E-state index in [1.807, 2.05) is 34.9 Å². The zero-order chi connectivity index (χ0) is 13.9. The Labute approximate surface area is 123 Å². The number of ether oxygens (including phenoxy) is 2. The lowest BCUT2D eigenvalue weighted by atomic mass is 10.1. The number of carbonyl (C=O) groups is 1. The van der Waals surface area contributed by atoms with Crippen LogP contribution >= 0.6 is 11.8 Å². The zero-order valence-corrected chi connectivity index (χ0v) is 12.4. The number of thioether (sulfide) groups is 1. The monoisotopic (exact) mass is 293 g/mol. The first-order chi connectivity index (χ1) is 9.81. The average molecular weight is 293 g/mol. The summed E-state index contributed by atoms with van der Waals surface area (Å²) >= 11 is 1.81. The van der Waals surface area contributed by atoms with Crippen LogP contribution in [0, 0.1) is 0 Å². The SMILES string of the molecule is CCCCN1C(=O)CCSC1c1cccc2c1OCO2. The van der Waals surface area contributed by atoms with E-state index in [0.29, 0.717) is 6.42 Å². The van der Waals surface area contributed by atoms with Crippen LogP contribution in [0.15, 0.2) is 18.2 Å². The molecule has 0 saturated carbocycles. The molecule has 1 fully saturated rings. The van der Waals surface area contributed by atoms with Gasteiger partial charge in [0, 0.05) is 24.3 Å². The smallest absolute Gasteiger partial charge is 0.231 e. The van der Waals surface area contributed by atoms with Gasteiger partial charge in [-0.05, 0) is 12.5 Å². The van der Waals surface area contributed by atoms with Crippen LogP contribution in [0.5, 0.6) is 11.5 Å². The molecule has 3 rings (SSSR count). The van der Waals surface area contributed by atoms with Gasteiger partial charge in [-0.25, -0.2) is 0 Å². The Morgan fingerprint density at radius 3 is 3.15 bits per heavy atom. The number of unbranched alkanes of at least 4 members (excludes halogenated alkanes) is 1. The van der Waals surface area contributed by atoms with Crippen molar-refractivity contribution >= 4 is 17.7 Å². The normalized spacial score (nSPS) is 21.4. The van der Waals surface area contributed by atoms with E-state index in [1.165, 1.54) is 0 Å². The van der Waals surface area contributed by atoms with Gasteiger partial charge >= 0.3 is 0 Å². The molecule has 1 unspecified atom stereocenters. The largest absolute Gasteiger partial charge is 0.454 e. The molecule has 1 aromatic rings. The molecule has 2 aliphatic rings. The quantitative estimate of drug-likeness (QED) is 0.854. The Kier molecular flexibility index (Phi) is 4.05. The van der Waals surface area contributed by atoms with Crippen molar-refractivity contribution in [1.82, 2.24) is 4.90 Å². The second-order valence-corrected chi connectivity index (χ2v) is 6.18. The van der Waals surface area contributed by atoms with E-state index < -0.39 is 0 Å². The highest BCUT2D eigenvalue weighted by Crippen LogP contribution is 2.46. The second kappa shape index (κ2) is 5.95. The molecule has 0 N–H and O–H groups in total. The number of hydrogen-bond acceptors (Lipinski definition) is 4. The maximum Gasteiger partial charge on any atom is 0.231 e. The minimum atomic E-state index is 0.0550. The van der Waals surface area contributed by atoms with E-state index in [2.05, 4.69) is 6.92 Å². The van der Waals surface area contributed by atoms with Crippen LogP contribution in [0.3, 0.4) is 0 Å². The van der Waals surface area contributed by atoms with Gasteiger partial charge in [-0.1, -0.05) is 25.5 Å².